The van der Waals surface area contributed by atoms with Crippen LogP contribution in [-0.4, -0.2) is 22.0 Å². The highest BCUT2D eigenvalue weighted by Gasteiger charge is 2.10. The van der Waals surface area contributed by atoms with Crippen molar-refractivity contribution in [3.8, 4) is 17.2 Å². The Morgan fingerprint density at radius 2 is 1.68 bits per heavy atom. The first-order valence-electron chi connectivity index (χ1n) is 10.7. The molecule has 0 spiro atoms. The molecule has 0 fully saturated rings. The average molecular weight is 457 g/mol. The molecule has 2 N–H and O–H groups in total. The Morgan fingerprint density at radius 3 is 2.41 bits per heavy atom. The second kappa shape index (κ2) is 10.4. The van der Waals surface area contributed by atoms with E-state index in [1.807, 2.05) is 31.2 Å². The molecule has 8 nitrogen and oxygen atoms in total. The molecule has 1 aromatic heterocycles. The fraction of sp³-hybridized carbons (Fsp3) is 0.154. The van der Waals surface area contributed by atoms with Crippen molar-refractivity contribution in [2.24, 2.45) is 0 Å². The molecule has 0 unspecified atom stereocenters. The molecule has 0 bridgehead atoms. The third kappa shape index (κ3) is 6.29. The van der Waals surface area contributed by atoms with Crippen LogP contribution >= 0.6 is 0 Å². The predicted octanol–water partition coefficient (Wildman–Crippen LogP) is 4.76. The van der Waals surface area contributed by atoms with E-state index < -0.39 is 0 Å². The zero-order chi connectivity index (χ0) is 23.9. The first-order chi connectivity index (χ1) is 16.4. The maximum Gasteiger partial charge on any atom is 0.254 e. The highest BCUT2D eigenvalue weighted by molar-refractivity contribution is 5.92. The third-order valence-electron chi connectivity index (χ3n) is 4.88. The van der Waals surface area contributed by atoms with E-state index in [4.69, 9.17) is 9.15 Å². The Kier molecular flexibility index (Phi) is 6.98. The van der Waals surface area contributed by atoms with E-state index in [1.165, 1.54) is 6.92 Å². The molecule has 0 radical (unpaired) electrons. The van der Waals surface area contributed by atoms with Crippen molar-refractivity contribution in [3.63, 3.8) is 0 Å². The highest BCUT2D eigenvalue weighted by Crippen LogP contribution is 2.21. The van der Waals surface area contributed by atoms with E-state index >= 15 is 0 Å². The van der Waals surface area contributed by atoms with Crippen LogP contribution < -0.4 is 15.4 Å². The Morgan fingerprint density at radius 1 is 0.912 bits per heavy atom. The van der Waals surface area contributed by atoms with Crippen molar-refractivity contribution in [2.75, 3.05) is 10.6 Å². The summed E-state index contributed by atoms with van der Waals surface area (Å²) in [6, 6.07) is 22.1. The molecule has 0 saturated heterocycles. The number of anilines is 2. The average Bonchev–Trinajstić information content (AvgIpc) is 3.28. The number of aromatic nitrogens is 2. The summed E-state index contributed by atoms with van der Waals surface area (Å²) in [5.74, 6) is 1.05. The van der Waals surface area contributed by atoms with Gasteiger partial charge in [-0.05, 0) is 48.9 Å². The zero-order valence-electron chi connectivity index (χ0n) is 18.9. The van der Waals surface area contributed by atoms with Gasteiger partial charge in [0.25, 0.3) is 5.89 Å². The molecule has 0 aliphatic heterocycles. The topological polar surface area (TPSA) is 106 Å². The molecule has 0 saturated carbocycles. The normalized spacial score (nSPS) is 10.5. The van der Waals surface area contributed by atoms with E-state index in [0.717, 1.165) is 16.7 Å². The number of carbonyl (C=O) groups excluding carboxylic acids is 2. The first kappa shape index (κ1) is 22.7. The summed E-state index contributed by atoms with van der Waals surface area (Å²) in [4.78, 5) is 23.5. The number of rotatable bonds is 8. The van der Waals surface area contributed by atoms with Gasteiger partial charge < -0.3 is 19.8 Å². The van der Waals surface area contributed by atoms with Crippen molar-refractivity contribution in [1.29, 1.82) is 0 Å². The summed E-state index contributed by atoms with van der Waals surface area (Å²) in [6.07, 6.45) is 0.204. The second-order valence-corrected chi connectivity index (χ2v) is 7.79. The van der Waals surface area contributed by atoms with Gasteiger partial charge in [0.05, 0.1) is 6.42 Å². The van der Waals surface area contributed by atoms with Crippen LogP contribution in [0.3, 0.4) is 0 Å². The van der Waals surface area contributed by atoms with Crippen molar-refractivity contribution >= 4 is 23.2 Å². The van der Waals surface area contributed by atoms with Gasteiger partial charge in [-0.2, -0.15) is 0 Å². The van der Waals surface area contributed by atoms with Gasteiger partial charge >= 0.3 is 0 Å². The van der Waals surface area contributed by atoms with E-state index in [-0.39, 0.29) is 24.8 Å². The molecule has 8 heteroatoms. The fourth-order valence-electron chi connectivity index (χ4n) is 3.23. The quantitative estimate of drug-likeness (QED) is 0.396. The van der Waals surface area contributed by atoms with Crippen molar-refractivity contribution in [1.82, 2.24) is 10.2 Å². The number of nitrogens with zero attached hydrogens (tertiary/aromatic N) is 2. The first-order valence-corrected chi connectivity index (χ1v) is 10.7. The summed E-state index contributed by atoms with van der Waals surface area (Å²) >= 11 is 0. The number of benzene rings is 3. The predicted molar refractivity (Wildman–Crippen MR) is 128 cm³/mol. The smallest absolute Gasteiger partial charge is 0.254 e. The minimum atomic E-state index is -0.163. The largest absolute Gasteiger partial charge is 0.484 e. The molecule has 2 amide bonds. The second-order valence-electron chi connectivity index (χ2n) is 7.79. The molecule has 1 heterocycles. The molecular formula is C26H24N4O4. The Bertz CT molecular complexity index is 1280. The van der Waals surface area contributed by atoms with Crippen LogP contribution in [0.2, 0.25) is 0 Å². The van der Waals surface area contributed by atoms with Gasteiger partial charge in [-0.1, -0.05) is 35.9 Å². The van der Waals surface area contributed by atoms with Crippen LogP contribution in [0, 0.1) is 6.92 Å². The van der Waals surface area contributed by atoms with Gasteiger partial charge in [0.15, 0.2) is 6.61 Å². The van der Waals surface area contributed by atoms with Crippen molar-refractivity contribution in [3.05, 3.63) is 89.8 Å². The van der Waals surface area contributed by atoms with Gasteiger partial charge in [0, 0.05) is 29.9 Å². The lowest BCUT2D eigenvalue weighted by Crippen LogP contribution is -2.14. The standard InChI is InChI=1S/C26H24N4O4/c1-17-6-10-20(11-7-17)26-30-29-25(34-26)16-33-23-5-3-4-22(15-23)28-24(32)14-19-8-12-21(13-9-19)27-18(2)31/h3-13,15H,14,16H2,1-2H3,(H,27,31)(H,28,32). The minimum Gasteiger partial charge on any atom is -0.484 e. The fourth-order valence-corrected chi connectivity index (χ4v) is 3.23. The summed E-state index contributed by atoms with van der Waals surface area (Å²) in [5, 5.41) is 13.7. The monoisotopic (exact) mass is 456 g/mol. The summed E-state index contributed by atoms with van der Waals surface area (Å²) in [7, 11) is 0. The van der Waals surface area contributed by atoms with Gasteiger partial charge in [-0.15, -0.1) is 10.2 Å². The number of hydrogen-bond acceptors (Lipinski definition) is 6. The maximum absolute atomic E-state index is 12.4. The van der Waals surface area contributed by atoms with E-state index in [2.05, 4.69) is 20.8 Å². The molecule has 3 aromatic carbocycles. The van der Waals surface area contributed by atoms with Gasteiger partial charge in [0.1, 0.15) is 5.75 Å². The number of nitrogens with one attached hydrogen (secondary N) is 2. The number of aryl methyl sites for hydroxylation is 1. The lowest BCUT2D eigenvalue weighted by molar-refractivity contribution is -0.116. The molecule has 0 aliphatic rings. The number of amides is 2. The minimum absolute atomic E-state index is 0.108. The van der Waals surface area contributed by atoms with E-state index in [9.17, 15) is 9.59 Å². The SMILES string of the molecule is CC(=O)Nc1ccc(CC(=O)Nc2cccc(OCc3nnc(-c4ccc(C)cc4)o3)c2)cc1. The zero-order valence-corrected chi connectivity index (χ0v) is 18.9. The Balaban J connectivity index is 1.31. The number of ether oxygens (including phenoxy) is 1. The van der Waals surface area contributed by atoms with Crippen LogP contribution in [0.25, 0.3) is 11.5 Å². The molecule has 0 aliphatic carbocycles. The Labute approximate surface area is 197 Å². The molecule has 34 heavy (non-hydrogen) atoms. The summed E-state index contributed by atoms with van der Waals surface area (Å²) < 4.78 is 11.4. The van der Waals surface area contributed by atoms with Gasteiger partial charge in [-0.3, -0.25) is 9.59 Å². The molecule has 4 aromatic rings. The lowest BCUT2D eigenvalue weighted by atomic mass is 10.1. The van der Waals surface area contributed by atoms with Crippen LogP contribution in [0.15, 0.2) is 77.2 Å². The molecule has 0 atom stereocenters. The van der Waals surface area contributed by atoms with Gasteiger partial charge in [0.2, 0.25) is 17.7 Å². The lowest BCUT2D eigenvalue weighted by Gasteiger charge is -2.09. The van der Waals surface area contributed by atoms with E-state index in [1.54, 1.807) is 48.5 Å². The van der Waals surface area contributed by atoms with Gasteiger partial charge in [-0.25, -0.2) is 0 Å². The van der Waals surface area contributed by atoms with Crippen LogP contribution in [-0.2, 0) is 22.6 Å². The summed E-state index contributed by atoms with van der Waals surface area (Å²) in [6.45, 7) is 3.57. The van der Waals surface area contributed by atoms with Crippen molar-refractivity contribution in [2.45, 2.75) is 26.9 Å². The van der Waals surface area contributed by atoms with Crippen LogP contribution in [0.1, 0.15) is 23.9 Å². The summed E-state index contributed by atoms with van der Waals surface area (Å²) in [5.41, 5.74) is 4.13. The molecule has 172 valence electrons. The number of hydrogen-bond donors (Lipinski definition) is 2. The van der Waals surface area contributed by atoms with Crippen LogP contribution in [0.4, 0.5) is 11.4 Å². The van der Waals surface area contributed by atoms with E-state index in [0.29, 0.717) is 28.9 Å². The van der Waals surface area contributed by atoms with Crippen LogP contribution in [0.5, 0.6) is 5.75 Å². The Hall–Kier alpha value is -4.46. The third-order valence-corrected chi connectivity index (χ3v) is 4.88. The molecular weight excluding hydrogens is 432 g/mol. The maximum atomic E-state index is 12.4. The molecule has 4 rings (SSSR count). The van der Waals surface area contributed by atoms with Crippen molar-refractivity contribution < 1.29 is 18.7 Å². The highest BCUT2D eigenvalue weighted by atomic mass is 16.5. The number of carbonyl (C=O) groups is 2.